The maximum atomic E-state index is 12.5. The molecule has 0 spiro atoms. The molecule has 4 nitrogen and oxygen atoms in total. The van der Waals surface area contributed by atoms with Crippen molar-refractivity contribution >= 4 is 17.3 Å². The number of amides is 1. The number of nitrogens with zero attached hydrogens (tertiary/aromatic N) is 2. The average Bonchev–Trinajstić information content (AvgIpc) is 2.49. The fourth-order valence-corrected chi connectivity index (χ4v) is 2.14. The van der Waals surface area contributed by atoms with Crippen LogP contribution >= 0.6 is 0 Å². The number of carbonyl (C=O) groups is 1. The number of hydrogen-bond donors (Lipinski definition) is 1. The number of benzene rings is 2. The van der Waals surface area contributed by atoms with E-state index in [0.717, 1.165) is 11.3 Å². The van der Waals surface area contributed by atoms with Crippen molar-refractivity contribution in [2.24, 2.45) is 0 Å². The lowest BCUT2D eigenvalue weighted by atomic mass is 10.1. The molecular formula is C17H21N3O. The van der Waals surface area contributed by atoms with Crippen LogP contribution in [0.2, 0.25) is 0 Å². The molecule has 2 N–H and O–H groups in total. The summed E-state index contributed by atoms with van der Waals surface area (Å²) in [5.41, 5.74) is 9.28. The largest absolute Gasteiger partial charge is 0.398 e. The van der Waals surface area contributed by atoms with Gasteiger partial charge in [-0.05, 0) is 29.8 Å². The fourth-order valence-electron chi connectivity index (χ4n) is 2.14. The Hall–Kier alpha value is -2.49. The van der Waals surface area contributed by atoms with Crippen molar-refractivity contribution in [3.05, 3.63) is 59.7 Å². The molecule has 4 heteroatoms. The molecule has 0 radical (unpaired) electrons. The van der Waals surface area contributed by atoms with Crippen LogP contribution in [0, 0.1) is 0 Å². The Morgan fingerprint density at radius 1 is 1.05 bits per heavy atom. The van der Waals surface area contributed by atoms with E-state index < -0.39 is 0 Å². The first kappa shape index (κ1) is 14.9. The van der Waals surface area contributed by atoms with Crippen molar-refractivity contribution in [2.45, 2.75) is 6.54 Å². The van der Waals surface area contributed by atoms with Crippen LogP contribution in [0.4, 0.5) is 11.4 Å². The zero-order valence-electron chi connectivity index (χ0n) is 12.7. The summed E-state index contributed by atoms with van der Waals surface area (Å²) in [5, 5.41) is 0. The van der Waals surface area contributed by atoms with Gasteiger partial charge in [-0.1, -0.05) is 24.3 Å². The van der Waals surface area contributed by atoms with Gasteiger partial charge in [-0.3, -0.25) is 4.79 Å². The molecule has 0 aliphatic rings. The summed E-state index contributed by atoms with van der Waals surface area (Å²) in [6, 6.07) is 15.2. The minimum Gasteiger partial charge on any atom is -0.398 e. The fraction of sp³-hybridized carbons (Fsp3) is 0.235. The van der Waals surface area contributed by atoms with E-state index in [1.165, 1.54) is 0 Å². The second kappa shape index (κ2) is 6.31. The molecule has 0 fully saturated rings. The van der Waals surface area contributed by atoms with Crippen molar-refractivity contribution in [2.75, 3.05) is 31.8 Å². The van der Waals surface area contributed by atoms with E-state index in [-0.39, 0.29) is 5.91 Å². The minimum atomic E-state index is -0.0121. The maximum Gasteiger partial charge on any atom is 0.253 e. The summed E-state index contributed by atoms with van der Waals surface area (Å²) in [5.74, 6) is -0.0121. The summed E-state index contributed by atoms with van der Waals surface area (Å²) in [7, 11) is 5.70. The van der Waals surface area contributed by atoms with E-state index in [4.69, 9.17) is 5.73 Å². The summed E-state index contributed by atoms with van der Waals surface area (Å²) in [6.07, 6.45) is 0. The smallest absolute Gasteiger partial charge is 0.253 e. The van der Waals surface area contributed by atoms with Gasteiger partial charge >= 0.3 is 0 Å². The van der Waals surface area contributed by atoms with Crippen molar-refractivity contribution < 1.29 is 4.79 Å². The molecular weight excluding hydrogens is 262 g/mol. The average molecular weight is 283 g/mol. The molecule has 0 unspecified atom stereocenters. The molecule has 0 aliphatic heterocycles. The first-order valence-electron chi connectivity index (χ1n) is 6.85. The van der Waals surface area contributed by atoms with Gasteiger partial charge in [0.25, 0.3) is 5.91 Å². The molecule has 2 rings (SSSR count). The Kier molecular flexibility index (Phi) is 4.48. The number of nitrogen functional groups attached to an aromatic ring is 1. The predicted octanol–water partition coefficient (Wildman–Crippen LogP) is 2.61. The van der Waals surface area contributed by atoms with Crippen LogP contribution in [-0.4, -0.2) is 32.0 Å². The van der Waals surface area contributed by atoms with Gasteiger partial charge < -0.3 is 15.5 Å². The Morgan fingerprint density at radius 2 is 1.76 bits per heavy atom. The standard InChI is InChI=1S/C17H21N3O/c1-19(2)15-9-6-8-13(11-15)17(21)20(3)12-14-7-4-5-10-16(14)18/h4-11H,12,18H2,1-3H3. The molecule has 0 aromatic heterocycles. The van der Waals surface area contributed by atoms with Gasteiger partial charge in [-0.25, -0.2) is 0 Å². The van der Waals surface area contributed by atoms with Gasteiger partial charge in [0.1, 0.15) is 0 Å². The lowest BCUT2D eigenvalue weighted by Crippen LogP contribution is -2.26. The molecule has 0 bridgehead atoms. The van der Waals surface area contributed by atoms with Gasteiger partial charge in [0, 0.05) is 44.6 Å². The highest BCUT2D eigenvalue weighted by atomic mass is 16.2. The van der Waals surface area contributed by atoms with Crippen LogP contribution in [0.15, 0.2) is 48.5 Å². The highest BCUT2D eigenvalue weighted by Crippen LogP contribution is 2.17. The topological polar surface area (TPSA) is 49.6 Å². The van der Waals surface area contributed by atoms with Crippen LogP contribution in [-0.2, 0) is 6.54 Å². The van der Waals surface area contributed by atoms with Crippen LogP contribution in [0.3, 0.4) is 0 Å². The van der Waals surface area contributed by atoms with Gasteiger partial charge in [0.05, 0.1) is 0 Å². The number of para-hydroxylation sites is 1. The molecule has 2 aromatic carbocycles. The molecule has 0 heterocycles. The van der Waals surface area contributed by atoms with E-state index in [1.54, 1.807) is 11.9 Å². The molecule has 0 atom stereocenters. The number of hydrogen-bond acceptors (Lipinski definition) is 3. The quantitative estimate of drug-likeness (QED) is 0.878. The summed E-state index contributed by atoms with van der Waals surface area (Å²) in [4.78, 5) is 16.2. The van der Waals surface area contributed by atoms with Crippen LogP contribution in [0.25, 0.3) is 0 Å². The lowest BCUT2D eigenvalue weighted by Gasteiger charge is -2.20. The lowest BCUT2D eigenvalue weighted by molar-refractivity contribution is 0.0785. The molecule has 21 heavy (non-hydrogen) atoms. The van der Waals surface area contributed by atoms with Gasteiger partial charge in [-0.2, -0.15) is 0 Å². The Bertz CT molecular complexity index is 637. The Morgan fingerprint density at radius 3 is 2.43 bits per heavy atom. The molecule has 0 saturated carbocycles. The third-order valence-corrected chi connectivity index (χ3v) is 3.42. The highest BCUT2D eigenvalue weighted by Gasteiger charge is 2.13. The zero-order valence-corrected chi connectivity index (χ0v) is 12.7. The molecule has 0 saturated heterocycles. The van der Waals surface area contributed by atoms with Crippen LogP contribution in [0.1, 0.15) is 15.9 Å². The normalized spacial score (nSPS) is 10.2. The second-order valence-electron chi connectivity index (χ2n) is 5.30. The van der Waals surface area contributed by atoms with Gasteiger partial charge in [0.15, 0.2) is 0 Å². The molecule has 110 valence electrons. The number of anilines is 2. The highest BCUT2D eigenvalue weighted by molar-refractivity contribution is 5.95. The first-order valence-corrected chi connectivity index (χ1v) is 6.85. The van der Waals surface area contributed by atoms with E-state index in [0.29, 0.717) is 17.8 Å². The van der Waals surface area contributed by atoms with Crippen molar-refractivity contribution in [1.82, 2.24) is 4.90 Å². The zero-order chi connectivity index (χ0) is 15.4. The van der Waals surface area contributed by atoms with E-state index in [1.807, 2.05) is 67.5 Å². The van der Waals surface area contributed by atoms with E-state index in [2.05, 4.69) is 0 Å². The Labute approximate surface area is 125 Å². The van der Waals surface area contributed by atoms with Crippen LogP contribution < -0.4 is 10.6 Å². The summed E-state index contributed by atoms with van der Waals surface area (Å²) < 4.78 is 0. The first-order chi connectivity index (χ1) is 9.99. The third kappa shape index (κ3) is 3.54. The summed E-state index contributed by atoms with van der Waals surface area (Å²) in [6.45, 7) is 0.498. The molecule has 1 amide bonds. The number of rotatable bonds is 4. The van der Waals surface area contributed by atoms with Gasteiger partial charge in [0.2, 0.25) is 0 Å². The van der Waals surface area contributed by atoms with Crippen molar-refractivity contribution in [1.29, 1.82) is 0 Å². The monoisotopic (exact) mass is 283 g/mol. The van der Waals surface area contributed by atoms with Crippen LogP contribution in [0.5, 0.6) is 0 Å². The van der Waals surface area contributed by atoms with Crippen molar-refractivity contribution in [3.8, 4) is 0 Å². The predicted molar refractivity (Wildman–Crippen MR) is 87.4 cm³/mol. The Balaban J connectivity index is 2.16. The van der Waals surface area contributed by atoms with E-state index in [9.17, 15) is 4.79 Å². The van der Waals surface area contributed by atoms with Gasteiger partial charge in [-0.15, -0.1) is 0 Å². The number of carbonyl (C=O) groups excluding carboxylic acids is 1. The number of nitrogens with two attached hydrogens (primary N) is 1. The molecule has 0 aliphatic carbocycles. The maximum absolute atomic E-state index is 12.5. The SMILES string of the molecule is CN(Cc1ccccc1N)C(=O)c1cccc(N(C)C)c1. The second-order valence-corrected chi connectivity index (χ2v) is 5.30. The third-order valence-electron chi connectivity index (χ3n) is 3.42. The summed E-state index contributed by atoms with van der Waals surface area (Å²) >= 11 is 0. The van der Waals surface area contributed by atoms with Crippen molar-refractivity contribution in [3.63, 3.8) is 0 Å². The van der Waals surface area contributed by atoms with E-state index >= 15 is 0 Å². The minimum absolute atomic E-state index is 0.0121. The molecule has 2 aromatic rings.